The minimum atomic E-state index is 0.282. The summed E-state index contributed by atoms with van der Waals surface area (Å²) in [7, 11) is 0. The number of ketones is 1. The number of halogens is 1. The Morgan fingerprint density at radius 1 is 1.60 bits per heavy atom. The van der Waals surface area contributed by atoms with Crippen molar-refractivity contribution in [1.29, 1.82) is 0 Å². The van der Waals surface area contributed by atoms with Gasteiger partial charge in [-0.3, -0.25) is 4.79 Å². The fraction of sp³-hybridized carbons (Fsp3) is 0.545. The molecule has 82 valence electrons. The van der Waals surface area contributed by atoms with Crippen molar-refractivity contribution in [2.45, 2.75) is 19.3 Å². The van der Waals surface area contributed by atoms with Crippen LogP contribution in [-0.4, -0.2) is 18.9 Å². The van der Waals surface area contributed by atoms with E-state index in [2.05, 4.69) is 21.2 Å². The van der Waals surface area contributed by atoms with E-state index in [4.69, 9.17) is 0 Å². The molecule has 0 bridgehead atoms. The standard InChI is InChI=1S/C11H14BrNOS/c12-9-3-11(15-7-9)4-10(14)6-13-5-8-1-2-8/h3,7-8,13H,1-2,4-6H2. The van der Waals surface area contributed by atoms with Gasteiger partial charge in [0.25, 0.3) is 0 Å². The summed E-state index contributed by atoms with van der Waals surface area (Å²) in [6.07, 6.45) is 3.23. The summed E-state index contributed by atoms with van der Waals surface area (Å²) in [5.74, 6) is 1.12. The molecule has 15 heavy (non-hydrogen) atoms. The zero-order valence-corrected chi connectivity index (χ0v) is 10.9. The molecule has 2 rings (SSSR count). The van der Waals surface area contributed by atoms with Crippen LogP contribution in [0.15, 0.2) is 15.9 Å². The minimum absolute atomic E-state index is 0.282. The maximum absolute atomic E-state index is 11.6. The van der Waals surface area contributed by atoms with Gasteiger partial charge >= 0.3 is 0 Å². The molecule has 1 saturated carbocycles. The van der Waals surface area contributed by atoms with Gasteiger partial charge in [0.05, 0.1) is 6.54 Å². The van der Waals surface area contributed by atoms with Crippen LogP contribution >= 0.6 is 27.3 Å². The lowest BCUT2D eigenvalue weighted by atomic mass is 10.2. The Bertz CT molecular complexity index is 346. The highest BCUT2D eigenvalue weighted by Gasteiger charge is 2.20. The number of nitrogens with one attached hydrogen (secondary N) is 1. The van der Waals surface area contributed by atoms with Crippen LogP contribution in [0.2, 0.25) is 0 Å². The first-order valence-corrected chi connectivity index (χ1v) is 6.86. The first kappa shape index (κ1) is 11.3. The highest BCUT2D eigenvalue weighted by molar-refractivity contribution is 9.10. The van der Waals surface area contributed by atoms with Gasteiger partial charge in [0.2, 0.25) is 0 Å². The van der Waals surface area contributed by atoms with Gasteiger partial charge < -0.3 is 5.32 Å². The Kier molecular flexibility index (Phi) is 3.94. The first-order chi connectivity index (χ1) is 7.24. The largest absolute Gasteiger partial charge is 0.310 e. The lowest BCUT2D eigenvalue weighted by Crippen LogP contribution is -2.25. The molecule has 4 heteroatoms. The van der Waals surface area contributed by atoms with E-state index in [1.807, 2.05) is 11.4 Å². The molecule has 0 unspecified atom stereocenters. The molecular formula is C11H14BrNOS. The van der Waals surface area contributed by atoms with Gasteiger partial charge in [0.1, 0.15) is 0 Å². The van der Waals surface area contributed by atoms with Crippen molar-refractivity contribution < 1.29 is 4.79 Å². The SMILES string of the molecule is O=C(CNCC1CC1)Cc1cc(Br)cs1. The monoisotopic (exact) mass is 287 g/mol. The van der Waals surface area contributed by atoms with Gasteiger partial charge in [-0.2, -0.15) is 0 Å². The topological polar surface area (TPSA) is 29.1 Å². The van der Waals surface area contributed by atoms with Crippen molar-refractivity contribution in [2.75, 3.05) is 13.1 Å². The van der Waals surface area contributed by atoms with E-state index >= 15 is 0 Å². The lowest BCUT2D eigenvalue weighted by Gasteiger charge is -2.01. The quantitative estimate of drug-likeness (QED) is 0.872. The third-order valence-electron chi connectivity index (χ3n) is 2.45. The second-order valence-corrected chi connectivity index (χ2v) is 5.93. The van der Waals surface area contributed by atoms with Crippen molar-refractivity contribution in [3.05, 3.63) is 20.8 Å². The summed E-state index contributed by atoms with van der Waals surface area (Å²) in [4.78, 5) is 12.7. The van der Waals surface area contributed by atoms with E-state index < -0.39 is 0 Å². The number of hydrogen-bond acceptors (Lipinski definition) is 3. The molecule has 0 saturated heterocycles. The van der Waals surface area contributed by atoms with Crippen LogP contribution in [0.3, 0.4) is 0 Å². The van der Waals surface area contributed by atoms with Gasteiger partial charge in [-0.1, -0.05) is 0 Å². The molecule has 0 aliphatic heterocycles. The zero-order chi connectivity index (χ0) is 10.7. The zero-order valence-electron chi connectivity index (χ0n) is 8.46. The second kappa shape index (κ2) is 5.23. The summed E-state index contributed by atoms with van der Waals surface area (Å²) in [6.45, 7) is 1.53. The molecule has 2 nitrogen and oxygen atoms in total. The molecule has 1 aliphatic rings. The molecule has 1 aromatic rings. The number of carbonyl (C=O) groups is 1. The normalized spacial score (nSPS) is 15.5. The first-order valence-electron chi connectivity index (χ1n) is 5.19. The fourth-order valence-electron chi connectivity index (χ4n) is 1.44. The molecule has 1 aromatic heterocycles. The molecule has 1 fully saturated rings. The Balaban J connectivity index is 1.67. The molecular weight excluding hydrogens is 274 g/mol. The smallest absolute Gasteiger partial charge is 0.151 e. The predicted molar refractivity (Wildman–Crippen MR) is 66.3 cm³/mol. The molecule has 0 amide bonds. The average molecular weight is 288 g/mol. The van der Waals surface area contributed by atoms with Gasteiger partial charge in [0.15, 0.2) is 5.78 Å². The minimum Gasteiger partial charge on any atom is -0.310 e. The van der Waals surface area contributed by atoms with E-state index in [0.717, 1.165) is 21.8 Å². The number of thiophene rings is 1. The molecule has 1 aliphatic carbocycles. The highest BCUT2D eigenvalue weighted by Crippen LogP contribution is 2.27. The number of Topliss-reactive ketones (excluding diaryl/α,β-unsaturated/α-hetero) is 1. The maximum Gasteiger partial charge on any atom is 0.151 e. The Labute approximate surface area is 102 Å². The van der Waals surface area contributed by atoms with Crippen molar-refractivity contribution in [2.24, 2.45) is 5.92 Å². The van der Waals surface area contributed by atoms with Crippen LogP contribution in [0, 0.1) is 5.92 Å². The number of rotatable bonds is 6. The molecule has 0 aromatic carbocycles. The van der Waals surface area contributed by atoms with Crippen LogP contribution in [0.25, 0.3) is 0 Å². The molecule has 1 heterocycles. The molecule has 0 atom stereocenters. The highest BCUT2D eigenvalue weighted by atomic mass is 79.9. The Hall–Kier alpha value is -0.190. The Morgan fingerprint density at radius 2 is 2.40 bits per heavy atom. The maximum atomic E-state index is 11.6. The van der Waals surface area contributed by atoms with E-state index in [0.29, 0.717) is 13.0 Å². The van der Waals surface area contributed by atoms with Gasteiger partial charge in [-0.15, -0.1) is 11.3 Å². The van der Waals surface area contributed by atoms with E-state index in [1.54, 1.807) is 11.3 Å². The van der Waals surface area contributed by atoms with Crippen LogP contribution < -0.4 is 5.32 Å². The van der Waals surface area contributed by atoms with E-state index in [-0.39, 0.29) is 5.78 Å². The van der Waals surface area contributed by atoms with Crippen LogP contribution in [0.4, 0.5) is 0 Å². The lowest BCUT2D eigenvalue weighted by molar-refractivity contribution is -0.117. The molecule has 0 radical (unpaired) electrons. The summed E-state index contributed by atoms with van der Waals surface area (Å²) in [6, 6.07) is 2.02. The van der Waals surface area contributed by atoms with Crippen molar-refractivity contribution in [3.63, 3.8) is 0 Å². The van der Waals surface area contributed by atoms with Crippen LogP contribution in [0.1, 0.15) is 17.7 Å². The van der Waals surface area contributed by atoms with Gasteiger partial charge in [-0.25, -0.2) is 0 Å². The molecule has 1 N–H and O–H groups in total. The summed E-state index contributed by atoms with van der Waals surface area (Å²) in [5, 5.41) is 5.23. The van der Waals surface area contributed by atoms with Crippen LogP contribution in [0.5, 0.6) is 0 Å². The van der Waals surface area contributed by atoms with Crippen LogP contribution in [-0.2, 0) is 11.2 Å². The van der Waals surface area contributed by atoms with Crippen molar-refractivity contribution >= 4 is 33.0 Å². The van der Waals surface area contributed by atoms with E-state index in [9.17, 15) is 4.79 Å². The molecule has 0 spiro atoms. The second-order valence-electron chi connectivity index (χ2n) is 4.02. The Morgan fingerprint density at radius 3 is 3.00 bits per heavy atom. The fourth-order valence-corrected chi connectivity index (χ4v) is 2.92. The number of hydrogen-bond donors (Lipinski definition) is 1. The van der Waals surface area contributed by atoms with Gasteiger partial charge in [-0.05, 0) is 47.3 Å². The van der Waals surface area contributed by atoms with E-state index in [1.165, 1.54) is 12.8 Å². The third kappa shape index (κ3) is 4.05. The summed E-state index contributed by atoms with van der Waals surface area (Å²) in [5.41, 5.74) is 0. The predicted octanol–water partition coefficient (Wildman–Crippen LogP) is 2.62. The van der Waals surface area contributed by atoms with Gasteiger partial charge in [0, 0.05) is 21.2 Å². The van der Waals surface area contributed by atoms with Crippen molar-refractivity contribution in [1.82, 2.24) is 5.32 Å². The average Bonchev–Trinajstić information content (AvgIpc) is 2.91. The summed E-state index contributed by atoms with van der Waals surface area (Å²) < 4.78 is 1.07. The number of carbonyl (C=O) groups excluding carboxylic acids is 1. The third-order valence-corrected chi connectivity index (χ3v) is 4.14. The van der Waals surface area contributed by atoms with Crippen molar-refractivity contribution in [3.8, 4) is 0 Å². The summed E-state index contributed by atoms with van der Waals surface area (Å²) >= 11 is 5.02.